The fourth-order valence-corrected chi connectivity index (χ4v) is 4.62. The molecule has 0 aromatic heterocycles. The van der Waals surface area contributed by atoms with Crippen LogP contribution in [0.3, 0.4) is 0 Å². The van der Waals surface area contributed by atoms with E-state index < -0.39 is 17.7 Å². The van der Waals surface area contributed by atoms with Crippen molar-refractivity contribution >= 4 is 23.1 Å². The number of rotatable bonds is 5. The van der Waals surface area contributed by atoms with Crippen LogP contribution in [0, 0.1) is 6.92 Å². The molecule has 0 spiro atoms. The van der Waals surface area contributed by atoms with Crippen LogP contribution in [0.1, 0.15) is 22.7 Å². The molecule has 184 valence electrons. The van der Waals surface area contributed by atoms with Crippen molar-refractivity contribution in [3.05, 3.63) is 82.9 Å². The Hall–Kier alpha value is -4.46. The van der Waals surface area contributed by atoms with Crippen molar-refractivity contribution in [2.75, 3.05) is 32.3 Å². The van der Waals surface area contributed by atoms with Crippen molar-refractivity contribution in [2.45, 2.75) is 13.0 Å². The molecule has 2 heterocycles. The van der Waals surface area contributed by atoms with E-state index in [9.17, 15) is 14.7 Å². The predicted molar refractivity (Wildman–Crippen MR) is 133 cm³/mol. The van der Waals surface area contributed by atoms with E-state index in [1.165, 1.54) is 19.1 Å². The first-order chi connectivity index (χ1) is 17.4. The maximum Gasteiger partial charge on any atom is 0.300 e. The third kappa shape index (κ3) is 3.80. The molecule has 1 unspecified atom stereocenters. The zero-order valence-electron chi connectivity index (χ0n) is 20.1. The van der Waals surface area contributed by atoms with E-state index in [0.717, 1.165) is 5.56 Å². The number of anilines is 1. The van der Waals surface area contributed by atoms with Gasteiger partial charge in [-0.15, -0.1) is 0 Å². The van der Waals surface area contributed by atoms with Gasteiger partial charge in [-0.2, -0.15) is 0 Å². The number of fused-ring (bicyclic) bond motifs is 1. The van der Waals surface area contributed by atoms with Gasteiger partial charge in [0.15, 0.2) is 11.5 Å². The van der Waals surface area contributed by atoms with Crippen LogP contribution >= 0.6 is 0 Å². The number of amides is 1. The van der Waals surface area contributed by atoms with Crippen LogP contribution in [0.25, 0.3) is 5.76 Å². The molecule has 0 aliphatic carbocycles. The first kappa shape index (κ1) is 23.3. The minimum atomic E-state index is -0.964. The zero-order valence-corrected chi connectivity index (χ0v) is 20.1. The molecule has 0 bridgehead atoms. The lowest BCUT2D eigenvalue weighted by atomic mass is 9.93. The van der Waals surface area contributed by atoms with Gasteiger partial charge >= 0.3 is 0 Å². The summed E-state index contributed by atoms with van der Waals surface area (Å²) in [5.74, 6) is -0.0568. The van der Waals surface area contributed by atoms with Crippen LogP contribution in [0.15, 0.2) is 66.2 Å². The first-order valence-corrected chi connectivity index (χ1v) is 11.4. The minimum absolute atomic E-state index is 0.0664. The smallest absolute Gasteiger partial charge is 0.300 e. The van der Waals surface area contributed by atoms with Crippen molar-refractivity contribution in [3.8, 4) is 23.0 Å². The van der Waals surface area contributed by atoms with Gasteiger partial charge in [-0.25, -0.2) is 0 Å². The third-order valence-corrected chi connectivity index (χ3v) is 6.29. The molecule has 1 fully saturated rings. The summed E-state index contributed by atoms with van der Waals surface area (Å²) in [4.78, 5) is 28.4. The Labute approximate surface area is 208 Å². The molecular weight excluding hydrogens is 462 g/mol. The van der Waals surface area contributed by atoms with Crippen LogP contribution in [0.2, 0.25) is 0 Å². The number of aryl methyl sites for hydroxylation is 1. The van der Waals surface area contributed by atoms with Gasteiger partial charge in [0, 0.05) is 17.3 Å². The number of hydrogen-bond donors (Lipinski definition) is 1. The highest BCUT2D eigenvalue weighted by Crippen LogP contribution is 2.47. The van der Waals surface area contributed by atoms with Gasteiger partial charge in [-0.05, 0) is 37.3 Å². The van der Waals surface area contributed by atoms with Gasteiger partial charge in [0.05, 0.1) is 31.4 Å². The summed E-state index contributed by atoms with van der Waals surface area (Å²) in [5.41, 5.74) is 2.07. The van der Waals surface area contributed by atoms with Crippen LogP contribution in [0.5, 0.6) is 23.0 Å². The molecule has 2 aliphatic rings. The molecular formula is C28H25NO7. The number of aliphatic hydroxyl groups excluding tert-OH is 1. The fraction of sp³-hybridized carbons (Fsp3) is 0.214. The number of benzene rings is 3. The highest BCUT2D eigenvalue weighted by molar-refractivity contribution is 6.51. The molecule has 2 aliphatic heterocycles. The number of methoxy groups -OCH3 is 2. The van der Waals surface area contributed by atoms with Crippen LogP contribution in [-0.2, 0) is 9.59 Å². The van der Waals surface area contributed by atoms with Gasteiger partial charge in [0.2, 0.25) is 0 Å². The Kier molecular flexibility index (Phi) is 6.01. The number of aliphatic hydroxyl groups is 1. The Bertz CT molecular complexity index is 1390. The highest BCUT2D eigenvalue weighted by atomic mass is 16.6. The molecule has 0 saturated carbocycles. The van der Waals surface area contributed by atoms with E-state index in [0.29, 0.717) is 53.0 Å². The zero-order chi connectivity index (χ0) is 25.4. The molecule has 0 radical (unpaired) electrons. The van der Waals surface area contributed by atoms with Gasteiger partial charge in [0.25, 0.3) is 11.7 Å². The Morgan fingerprint density at radius 2 is 1.64 bits per heavy atom. The second kappa shape index (κ2) is 9.30. The molecule has 1 saturated heterocycles. The van der Waals surface area contributed by atoms with Gasteiger partial charge in [0.1, 0.15) is 30.5 Å². The van der Waals surface area contributed by atoms with E-state index >= 15 is 0 Å². The monoisotopic (exact) mass is 487 g/mol. The lowest BCUT2D eigenvalue weighted by molar-refractivity contribution is -0.132. The third-order valence-electron chi connectivity index (χ3n) is 6.29. The van der Waals surface area contributed by atoms with Crippen LogP contribution in [0.4, 0.5) is 5.69 Å². The summed E-state index contributed by atoms with van der Waals surface area (Å²) in [6.07, 6.45) is 0. The molecule has 3 aromatic rings. The number of carbonyl (C=O) groups is 2. The molecule has 1 N–H and O–H groups in total. The maximum atomic E-state index is 13.5. The normalized spacial score (nSPS) is 18.3. The van der Waals surface area contributed by atoms with Crippen LogP contribution < -0.4 is 23.8 Å². The van der Waals surface area contributed by atoms with E-state index in [1.807, 2.05) is 13.0 Å². The molecule has 36 heavy (non-hydrogen) atoms. The number of nitrogens with zero attached hydrogens (tertiary/aromatic N) is 1. The maximum absolute atomic E-state index is 13.5. The van der Waals surface area contributed by atoms with Crippen molar-refractivity contribution in [1.29, 1.82) is 0 Å². The number of carbonyl (C=O) groups excluding carboxylic acids is 2. The number of ether oxygens (including phenoxy) is 4. The average Bonchev–Trinajstić information content (AvgIpc) is 3.17. The average molecular weight is 488 g/mol. The SMILES string of the molecule is COc1ccc(C)cc1/C(O)=C1\C(=O)C(=O)N(c2ccc3c(c2)OCCO3)C1c1ccccc1OC. The molecule has 1 atom stereocenters. The predicted octanol–water partition coefficient (Wildman–Crippen LogP) is 4.41. The summed E-state index contributed by atoms with van der Waals surface area (Å²) in [6, 6.07) is 16.4. The summed E-state index contributed by atoms with van der Waals surface area (Å²) in [5, 5.41) is 11.5. The Morgan fingerprint density at radius 1 is 0.917 bits per heavy atom. The van der Waals surface area contributed by atoms with Gasteiger partial charge < -0.3 is 24.1 Å². The number of hydrogen-bond acceptors (Lipinski definition) is 7. The molecule has 8 nitrogen and oxygen atoms in total. The summed E-state index contributed by atoms with van der Waals surface area (Å²) in [6.45, 7) is 2.66. The minimum Gasteiger partial charge on any atom is -0.507 e. The van der Waals surface area contributed by atoms with E-state index in [-0.39, 0.29) is 11.3 Å². The van der Waals surface area contributed by atoms with E-state index in [4.69, 9.17) is 18.9 Å². The second-order valence-electron chi connectivity index (χ2n) is 8.44. The van der Waals surface area contributed by atoms with Crippen molar-refractivity contribution in [1.82, 2.24) is 0 Å². The molecule has 5 rings (SSSR count). The first-order valence-electron chi connectivity index (χ1n) is 11.4. The topological polar surface area (TPSA) is 94.5 Å². The van der Waals surface area contributed by atoms with Crippen LogP contribution in [-0.4, -0.2) is 44.2 Å². The number of Topliss-reactive ketones (excluding diaryl/α,β-unsaturated/α-hetero) is 1. The quantitative estimate of drug-likeness (QED) is 0.324. The van der Waals surface area contributed by atoms with Gasteiger partial charge in [-0.3, -0.25) is 14.5 Å². The summed E-state index contributed by atoms with van der Waals surface area (Å²) < 4.78 is 22.3. The molecule has 8 heteroatoms. The number of ketones is 1. The lowest BCUT2D eigenvalue weighted by Crippen LogP contribution is -2.30. The molecule has 1 amide bonds. The van der Waals surface area contributed by atoms with E-state index in [1.54, 1.807) is 54.6 Å². The molecule has 3 aromatic carbocycles. The second-order valence-corrected chi connectivity index (χ2v) is 8.44. The van der Waals surface area contributed by atoms with E-state index in [2.05, 4.69) is 0 Å². The van der Waals surface area contributed by atoms with Crippen molar-refractivity contribution in [3.63, 3.8) is 0 Å². The highest BCUT2D eigenvalue weighted by Gasteiger charge is 2.48. The fourth-order valence-electron chi connectivity index (χ4n) is 4.62. The Morgan fingerprint density at radius 3 is 2.39 bits per heavy atom. The van der Waals surface area contributed by atoms with Gasteiger partial charge in [-0.1, -0.05) is 29.8 Å². The van der Waals surface area contributed by atoms with Crippen molar-refractivity contribution < 1.29 is 33.6 Å². The summed E-state index contributed by atoms with van der Waals surface area (Å²) >= 11 is 0. The number of para-hydroxylation sites is 1. The standard InChI is InChI=1S/C28H25NO7/c1-16-8-10-21(34-3)19(14-16)26(30)24-25(18-6-4-5-7-20(18)33-2)29(28(32)27(24)31)17-9-11-22-23(15-17)36-13-12-35-22/h4-11,14-15,25,30H,12-13H2,1-3H3/b26-24+. The lowest BCUT2D eigenvalue weighted by Gasteiger charge is -2.28. The largest absolute Gasteiger partial charge is 0.507 e. The Balaban J connectivity index is 1.76. The van der Waals surface area contributed by atoms with Crippen molar-refractivity contribution in [2.24, 2.45) is 0 Å². The summed E-state index contributed by atoms with van der Waals surface area (Å²) in [7, 11) is 2.99.